The normalized spacial score (nSPS) is 11.2. The average Bonchev–Trinajstić information content (AvgIpc) is 2.38. The smallest absolute Gasteiger partial charge is 0.131 e. The molecule has 0 aliphatic rings. The summed E-state index contributed by atoms with van der Waals surface area (Å²) in [5.74, 6) is 1.46. The van der Waals surface area contributed by atoms with E-state index >= 15 is 0 Å². The molecular weight excluding hydrogens is 268 g/mol. The van der Waals surface area contributed by atoms with E-state index in [1.165, 1.54) is 5.56 Å². The van der Waals surface area contributed by atoms with Crippen molar-refractivity contribution in [2.45, 2.75) is 26.2 Å². The van der Waals surface area contributed by atoms with Crippen molar-refractivity contribution in [1.29, 1.82) is 0 Å². The molecule has 0 aliphatic heterocycles. The first-order chi connectivity index (χ1) is 9.36. The first kappa shape index (κ1) is 14.5. The summed E-state index contributed by atoms with van der Waals surface area (Å²) in [7, 11) is 0. The quantitative estimate of drug-likeness (QED) is 0.872. The second-order valence-corrected chi connectivity index (χ2v) is 6.06. The predicted molar refractivity (Wildman–Crippen MR) is 85.3 cm³/mol. The topological polar surface area (TPSA) is 48.1 Å². The Labute approximate surface area is 124 Å². The molecule has 0 saturated carbocycles. The number of pyridine rings is 1. The molecule has 0 bridgehead atoms. The van der Waals surface area contributed by atoms with Crippen molar-refractivity contribution in [3.63, 3.8) is 0 Å². The maximum absolute atomic E-state index is 5.85. The monoisotopic (exact) mass is 286 g/mol. The molecule has 104 valence electrons. The summed E-state index contributed by atoms with van der Waals surface area (Å²) in [6, 6.07) is 11.6. The van der Waals surface area contributed by atoms with Crippen molar-refractivity contribution in [2.24, 2.45) is 5.73 Å². The van der Waals surface area contributed by atoms with Crippen LogP contribution in [0.5, 0.6) is 11.5 Å². The van der Waals surface area contributed by atoms with Gasteiger partial charge in [-0.05, 0) is 29.2 Å². The molecule has 0 fully saturated rings. The summed E-state index contributed by atoms with van der Waals surface area (Å²) < 4.78 is 5.85. The Balaban J connectivity index is 2.26. The van der Waals surface area contributed by atoms with Crippen LogP contribution in [0.25, 0.3) is 0 Å². The molecule has 0 amide bonds. The second kappa shape index (κ2) is 5.59. The Morgan fingerprint density at radius 2 is 1.85 bits per heavy atom. The van der Waals surface area contributed by atoms with Gasteiger partial charge in [0.15, 0.2) is 0 Å². The Hall–Kier alpha value is -1.94. The fourth-order valence-corrected chi connectivity index (χ4v) is 1.88. The van der Waals surface area contributed by atoms with Gasteiger partial charge >= 0.3 is 0 Å². The highest BCUT2D eigenvalue weighted by Crippen LogP contribution is 2.28. The van der Waals surface area contributed by atoms with Crippen LogP contribution in [0.2, 0.25) is 0 Å². The number of thiocarbonyl (C=S) groups is 1. The third-order valence-electron chi connectivity index (χ3n) is 2.92. The average molecular weight is 286 g/mol. The summed E-state index contributed by atoms with van der Waals surface area (Å²) in [4.78, 5) is 4.35. The van der Waals surface area contributed by atoms with E-state index in [9.17, 15) is 0 Å². The number of ether oxygens (including phenoxy) is 1. The van der Waals surface area contributed by atoms with E-state index in [2.05, 4.69) is 31.8 Å². The molecule has 2 rings (SSSR count). The van der Waals surface area contributed by atoms with Crippen LogP contribution in [-0.4, -0.2) is 9.97 Å². The summed E-state index contributed by atoms with van der Waals surface area (Å²) >= 11 is 4.92. The van der Waals surface area contributed by atoms with Crippen LogP contribution in [0.1, 0.15) is 32.0 Å². The molecule has 2 N–H and O–H groups in total. The molecule has 0 unspecified atom stereocenters. The molecule has 1 aromatic carbocycles. The van der Waals surface area contributed by atoms with Gasteiger partial charge in [-0.25, -0.2) is 0 Å². The number of hydrogen-bond donors (Lipinski definition) is 1. The number of nitrogens with two attached hydrogens (primary N) is 1. The fraction of sp³-hybridized carbons (Fsp3) is 0.250. The van der Waals surface area contributed by atoms with Crippen LogP contribution in [0, 0.1) is 0 Å². The van der Waals surface area contributed by atoms with Gasteiger partial charge in [0.05, 0.1) is 0 Å². The van der Waals surface area contributed by atoms with Crippen molar-refractivity contribution in [3.05, 3.63) is 53.9 Å². The van der Waals surface area contributed by atoms with Crippen LogP contribution in [0.4, 0.5) is 0 Å². The van der Waals surface area contributed by atoms with E-state index in [4.69, 9.17) is 22.7 Å². The lowest BCUT2D eigenvalue weighted by atomic mass is 9.87. The summed E-state index contributed by atoms with van der Waals surface area (Å²) in [6.07, 6.45) is 1.64. The number of rotatable bonds is 3. The summed E-state index contributed by atoms with van der Waals surface area (Å²) in [6.45, 7) is 6.51. The maximum Gasteiger partial charge on any atom is 0.131 e. The first-order valence-corrected chi connectivity index (χ1v) is 6.81. The summed E-state index contributed by atoms with van der Waals surface area (Å²) in [5.41, 5.74) is 7.44. The highest BCUT2D eigenvalue weighted by atomic mass is 32.1. The van der Waals surface area contributed by atoms with Crippen molar-refractivity contribution < 1.29 is 4.74 Å². The zero-order valence-corrected chi connectivity index (χ0v) is 12.7. The molecule has 3 nitrogen and oxygen atoms in total. The van der Waals surface area contributed by atoms with E-state index in [0.29, 0.717) is 11.4 Å². The van der Waals surface area contributed by atoms with Gasteiger partial charge in [0.25, 0.3) is 0 Å². The molecule has 0 atom stereocenters. The van der Waals surface area contributed by atoms with Gasteiger partial charge < -0.3 is 10.5 Å². The van der Waals surface area contributed by atoms with Crippen LogP contribution < -0.4 is 10.5 Å². The molecule has 0 spiro atoms. The van der Waals surface area contributed by atoms with E-state index < -0.39 is 0 Å². The van der Waals surface area contributed by atoms with E-state index in [1.807, 2.05) is 18.2 Å². The van der Waals surface area contributed by atoms with Gasteiger partial charge in [0, 0.05) is 12.3 Å². The van der Waals surface area contributed by atoms with Gasteiger partial charge in [0.2, 0.25) is 0 Å². The van der Waals surface area contributed by atoms with Crippen LogP contribution in [0.3, 0.4) is 0 Å². The largest absolute Gasteiger partial charge is 0.457 e. The Morgan fingerprint density at radius 1 is 1.15 bits per heavy atom. The van der Waals surface area contributed by atoms with Gasteiger partial charge in [-0.15, -0.1) is 0 Å². The molecule has 2 aromatic rings. The highest BCUT2D eigenvalue weighted by molar-refractivity contribution is 7.80. The van der Waals surface area contributed by atoms with Crippen LogP contribution in [-0.2, 0) is 5.41 Å². The molecule has 0 aliphatic carbocycles. The maximum atomic E-state index is 5.85. The fourth-order valence-electron chi connectivity index (χ4n) is 1.77. The molecule has 20 heavy (non-hydrogen) atoms. The van der Waals surface area contributed by atoms with Crippen LogP contribution in [0.15, 0.2) is 42.6 Å². The number of aromatic nitrogens is 1. The van der Waals surface area contributed by atoms with Gasteiger partial charge in [-0.2, -0.15) is 0 Å². The zero-order valence-electron chi connectivity index (χ0n) is 11.9. The predicted octanol–water partition coefficient (Wildman–Crippen LogP) is 3.81. The molecule has 1 heterocycles. The molecular formula is C16H18N2OS. The van der Waals surface area contributed by atoms with Crippen molar-refractivity contribution in [1.82, 2.24) is 4.98 Å². The minimum atomic E-state index is 0.0849. The minimum absolute atomic E-state index is 0.0849. The third kappa shape index (κ3) is 3.54. The Morgan fingerprint density at radius 3 is 2.50 bits per heavy atom. The highest BCUT2D eigenvalue weighted by Gasteiger charge is 2.14. The lowest BCUT2D eigenvalue weighted by molar-refractivity contribution is 0.477. The lowest BCUT2D eigenvalue weighted by Gasteiger charge is -2.19. The standard InChI is InChI=1S/C16H18N2OS/c1-16(2,3)11-5-4-6-12(9-11)19-13-7-8-18-14(10-13)15(17)20/h4-10H,1-3H3,(H2,17,20). The number of nitrogens with zero attached hydrogens (tertiary/aromatic N) is 1. The molecule has 4 heteroatoms. The lowest BCUT2D eigenvalue weighted by Crippen LogP contribution is -2.11. The van der Waals surface area contributed by atoms with Gasteiger partial charge in [-0.3, -0.25) is 4.98 Å². The Bertz CT molecular complexity index is 632. The number of hydrogen-bond acceptors (Lipinski definition) is 3. The van der Waals surface area contributed by atoms with Gasteiger partial charge in [-0.1, -0.05) is 45.1 Å². The van der Waals surface area contributed by atoms with Crippen molar-refractivity contribution >= 4 is 17.2 Å². The molecule has 1 aromatic heterocycles. The molecule has 0 radical (unpaired) electrons. The van der Waals surface area contributed by atoms with Crippen molar-refractivity contribution in [2.75, 3.05) is 0 Å². The second-order valence-electron chi connectivity index (χ2n) is 5.62. The minimum Gasteiger partial charge on any atom is -0.457 e. The van der Waals surface area contributed by atoms with Crippen molar-refractivity contribution in [3.8, 4) is 11.5 Å². The number of benzene rings is 1. The van der Waals surface area contributed by atoms with Crippen LogP contribution >= 0.6 is 12.2 Å². The third-order valence-corrected chi connectivity index (χ3v) is 3.13. The van der Waals surface area contributed by atoms with Gasteiger partial charge in [0.1, 0.15) is 22.2 Å². The first-order valence-electron chi connectivity index (χ1n) is 6.40. The summed E-state index contributed by atoms with van der Waals surface area (Å²) in [5, 5.41) is 0. The Kier molecular flexibility index (Phi) is 4.04. The van der Waals surface area contributed by atoms with E-state index in [0.717, 1.165) is 5.75 Å². The molecule has 0 saturated heterocycles. The SMILES string of the molecule is CC(C)(C)c1cccc(Oc2ccnc(C(N)=S)c2)c1. The zero-order chi connectivity index (χ0) is 14.8. The van der Waals surface area contributed by atoms with E-state index in [-0.39, 0.29) is 10.4 Å². The van der Waals surface area contributed by atoms with E-state index in [1.54, 1.807) is 18.3 Å².